The fourth-order valence-corrected chi connectivity index (χ4v) is 2.72. The minimum atomic E-state index is -0.131. The molecule has 0 amide bonds. The average molecular weight is 241 g/mol. The Hall–Kier alpha value is -1.11. The molecule has 1 atom stereocenters. The van der Waals surface area contributed by atoms with Crippen LogP contribution in [0.4, 0.5) is 0 Å². The van der Waals surface area contributed by atoms with Crippen LogP contribution >= 0.6 is 11.3 Å². The van der Waals surface area contributed by atoms with Crippen LogP contribution in [0.25, 0.3) is 0 Å². The summed E-state index contributed by atoms with van der Waals surface area (Å²) < 4.78 is 5.30. The fourth-order valence-electron chi connectivity index (χ4n) is 1.85. The van der Waals surface area contributed by atoms with Crippen molar-refractivity contribution in [3.8, 4) is 0 Å². The van der Waals surface area contributed by atoms with Gasteiger partial charge in [0.15, 0.2) is 5.84 Å². The van der Waals surface area contributed by atoms with E-state index in [1.54, 1.807) is 11.3 Å². The molecule has 88 valence electrons. The van der Waals surface area contributed by atoms with E-state index < -0.39 is 0 Å². The lowest BCUT2D eigenvalue weighted by molar-refractivity contribution is 0.0285. The zero-order chi connectivity index (χ0) is 11.4. The summed E-state index contributed by atoms with van der Waals surface area (Å²) in [5.74, 6) is 0.240. The molecule has 0 unspecified atom stereocenters. The first-order chi connectivity index (χ1) is 7.83. The summed E-state index contributed by atoms with van der Waals surface area (Å²) in [4.78, 5) is 3.27. The van der Waals surface area contributed by atoms with Crippen LogP contribution < -0.4 is 5.73 Å². The molecule has 1 saturated heterocycles. The highest BCUT2D eigenvalue weighted by atomic mass is 32.1. The van der Waals surface area contributed by atoms with Crippen LogP contribution in [0.15, 0.2) is 22.7 Å². The van der Waals surface area contributed by atoms with Crippen LogP contribution in [0.5, 0.6) is 0 Å². The van der Waals surface area contributed by atoms with E-state index in [2.05, 4.69) is 10.1 Å². The molecular formula is C10H15N3O2S. The molecule has 1 aliphatic heterocycles. The molecule has 2 rings (SSSR count). The molecule has 0 saturated carbocycles. The Kier molecular flexibility index (Phi) is 3.76. The van der Waals surface area contributed by atoms with Crippen molar-refractivity contribution in [1.82, 2.24) is 4.90 Å². The Morgan fingerprint density at radius 3 is 2.88 bits per heavy atom. The van der Waals surface area contributed by atoms with Gasteiger partial charge in [-0.3, -0.25) is 4.90 Å². The van der Waals surface area contributed by atoms with E-state index in [1.165, 1.54) is 0 Å². The second kappa shape index (κ2) is 5.29. The van der Waals surface area contributed by atoms with Crippen LogP contribution in [0, 0.1) is 0 Å². The van der Waals surface area contributed by atoms with Gasteiger partial charge in [-0.05, 0) is 11.4 Å². The number of hydrogen-bond acceptors (Lipinski definition) is 5. The smallest absolute Gasteiger partial charge is 0.161 e. The van der Waals surface area contributed by atoms with Gasteiger partial charge in [0.25, 0.3) is 0 Å². The fraction of sp³-hybridized carbons (Fsp3) is 0.500. The second-order valence-electron chi connectivity index (χ2n) is 3.59. The number of nitrogens with two attached hydrogens (primary N) is 1. The number of thiophene rings is 1. The molecule has 0 aromatic carbocycles. The lowest BCUT2D eigenvalue weighted by atomic mass is 10.1. The molecule has 3 N–H and O–H groups in total. The zero-order valence-corrected chi connectivity index (χ0v) is 9.69. The average Bonchev–Trinajstić information content (AvgIpc) is 2.84. The molecule has 1 aromatic rings. The summed E-state index contributed by atoms with van der Waals surface area (Å²) in [6.07, 6.45) is 0. The third kappa shape index (κ3) is 2.34. The van der Waals surface area contributed by atoms with E-state index in [9.17, 15) is 0 Å². The summed E-state index contributed by atoms with van der Waals surface area (Å²) in [7, 11) is 0. The first-order valence-electron chi connectivity index (χ1n) is 5.15. The van der Waals surface area contributed by atoms with Gasteiger partial charge >= 0.3 is 0 Å². The monoisotopic (exact) mass is 241 g/mol. The summed E-state index contributed by atoms with van der Waals surface area (Å²) in [5.41, 5.74) is 5.76. The number of hydrogen-bond donors (Lipinski definition) is 2. The van der Waals surface area contributed by atoms with E-state index in [4.69, 9.17) is 15.7 Å². The van der Waals surface area contributed by atoms with Crippen LogP contribution in [-0.4, -0.2) is 42.2 Å². The molecule has 5 nitrogen and oxygen atoms in total. The Bertz CT molecular complexity index is 347. The molecule has 0 spiro atoms. The Labute approximate surface area is 98.1 Å². The number of oxime groups is 1. The largest absolute Gasteiger partial charge is 0.409 e. The quantitative estimate of drug-likeness (QED) is 0.356. The van der Waals surface area contributed by atoms with Crippen molar-refractivity contribution in [2.24, 2.45) is 10.9 Å². The number of morpholine rings is 1. The van der Waals surface area contributed by atoms with E-state index in [0.29, 0.717) is 13.2 Å². The maximum atomic E-state index is 8.84. The second-order valence-corrected chi connectivity index (χ2v) is 4.57. The maximum Gasteiger partial charge on any atom is 0.161 e. The molecule has 0 aliphatic carbocycles. The van der Waals surface area contributed by atoms with Crippen molar-refractivity contribution in [3.63, 3.8) is 0 Å². The number of ether oxygens (including phenoxy) is 1. The van der Waals surface area contributed by atoms with Gasteiger partial charge in [-0.25, -0.2) is 0 Å². The number of rotatable bonds is 3. The highest BCUT2D eigenvalue weighted by Crippen LogP contribution is 2.25. The van der Waals surface area contributed by atoms with Crippen molar-refractivity contribution < 1.29 is 9.94 Å². The third-order valence-electron chi connectivity index (χ3n) is 2.62. The summed E-state index contributed by atoms with van der Waals surface area (Å²) >= 11 is 1.61. The van der Waals surface area contributed by atoms with Gasteiger partial charge in [0, 0.05) is 18.0 Å². The molecule has 16 heavy (non-hydrogen) atoms. The minimum absolute atomic E-state index is 0.131. The standard InChI is InChI=1S/C10H15N3O2S/c11-10(12-14)9(8-2-1-7-16-8)13-3-5-15-6-4-13/h1-2,7,9,14H,3-6H2,(H2,11,12)/t9-/m0/s1. The summed E-state index contributed by atoms with van der Waals surface area (Å²) in [6, 6.07) is 3.84. The van der Waals surface area contributed by atoms with Crippen LogP contribution in [0.3, 0.4) is 0 Å². The first-order valence-corrected chi connectivity index (χ1v) is 6.03. The highest BCUT2D eigenvalue weighted by Gasteiger charge is 2.26. The van der Waals surface area contributed by atoms with Crippen molar-refractivity contribution in [3.05, 3.63) is 22.4 Å². The number of nitrogens with zero attached hydrogens (tertiary/aromatic N) is 2. The molecular weight excluding hydrogens is 226 g/mol. The van der Waals surface area contributed by atoms with E-state index >= 15 is 0 Å². The molecule has 0 bridgehead atoms. The minimum Gasteiger partial charge on any atom is -0.409 e. The third-order valence-corrected chi connectivity index (χ3v) is 3.54. The Morgan fingerprint density at radius 1 is 1.56 bits per heavy atom. The first kappa shape index (κ1) is 11.4. The molecule has 1 aliphatic rings. The molecule has 2 heterocycles. The Morgan fingerprint density at radius 2 is 2.31 bits per heavy atom. The van der Waals surface area contributed by atoms with Crippen molar-refractivity contribution in [2.75, 3.05) is 26.3 Å². The van der Waals surface area contributed by atoms with Crippen molar-refractivity contribution in [1.29, 1.82) is 0 Å². The van der Waals surface area contributed by atoms with Gasteiger partial charge in [-0.1, -0.05) is 11.2 Å². The highest BCUT2D eigenvalue weighted by molar-refractivity contribution is 7.10. The van der Waals surface area contributed by atoms with Gasteiger partial charge in [0.1, 0.15) is 6.04 Å². The van der Waals surface area contributed by atoms with E-state index in [1.807, 2.05) is 17.5 Å². The van der Waals surface area contributed by atoms with Gasteiger partial charge in [-0.15, -0.1) is 11.3 Å². The predicted molar refractivity (Wildman–Crippen MR) is 62.9 cm³/mol. The van der Waals surface area contributed by atoms with Crippen LogP contribution in [0.1, 0.15) is 10.9 Å². The normalized spacial score (nSPS) is 20.9. The Balaban J connectivity index is 2.20. The summed E-state index contributed by atoms with van der Waals surface area (Å²) in [5, 5.41) is 14.0. The molecule has 6 heteroatoms. The SMILES string of the molecule is NC(=NO)[C@H](c1cccs1)N1CCOCC1. The van der Waals surface area contributed by atoms with E-state index in [0.717, 1.165) is 18.0 Å². The molecule has 0 radical (unpaired) electrons. The maximum absolute atomic E-state index is 8.84. The van der Waals surface area contributed by atoms with Crippen molar-refractivity contribution in [2.45, 2.75) is 6.04 Å². The van der Waals surface area contributed by atoms with Gasteiger partial charge in [0.2, 0.25) is 0 Å². The lowest BCUT2D eigenvalue weighted by Crippen LogP contribution is -2.44. The van der Waals surface area contributed by atoms with Crippen LogP contribution in [-0.2, 0) is 4.74 Å². The lowest BCUT2D eigenvalue weighted by Gasteiger charge is -2.32. The zero-order valence-electron chi connectivity index (χ0n) is 8.87. The predicted octanol–water partition coefficient (Wildman–Crippen LogP) is 0.868. The van der Waals surface area contributed by atoms with Gasteiger partial charge in [-0.2, -0.15) is 0 Å². The topological polar surface area (TPSA) is 71.1 Å². The van der Waals surface area contributed by atoms with Gasteiger partial charge in [0.05, 0.1) is 13.2 Å². The molecule has 1 fully saturated rings. The van der Waals surface area contributed by atoms with E-state index in [-0.39, 0.29) is 11.9 Å². The van der Waals surface area contributed by atoms with Gasteiger partial charge < -0.3 is 15.7 Å². The number of amidine groups is 1. The van der Waals surface area contributed by atoms with Crippen LogP contribution in [0.2, 0.25) is 0 Å². The molecule has 1 aromatic heterocycles. The summed E-state index contributed by atoms with van der Waals surface area (Å²) in [6.45, 7) is 3.00. The van der Waals surface area contributed by atoms with Crippen molar-refractivity contribution >= 4 is 17.2 Å².